The molecule has 7 heteroatoms. The molecule has 6 nitrogen and oxygen atoms in total. The minimum atomic E-state index is -0.236. The van der Waals surface area contributed by atoms with Crippen molar-refractivity contribution in [1.29, 1.82) is 0 Å². The van der Waals surface area contributed by atoms with Crippen LogP contribution in [0.1, 0.15) is 44.6 Å². The lowest BCUT2D eigenvalue weighted by molar-refractivity contribution is 0.601. The molecule has 2 aliphatic rings. The molecule has 1 aliphatic heterocycles. The first-order chi connectivity index (χ1) is 13.7. The van der Waals surface area contributed by atoms with Crippen molar-refractivity contribution < 1.29 is 0 Å². The molecule has 1 unspecified atom stereocenters. The second kappa shape index (κ2) is 8.31. The average molecular weight is 396 g/mol. The standard InChI is InChI=1S/C21H25N5OS/c1-3-8-16-13-15-9-4-6-11-18(15)22-20(16)28-14-17-10-5-7-12-19(17)26-21(27)25(2)23-24-26/h4-5,7,9-10,12,16H,3,6,8,11,13-14H2,1-2H3. The number of aryl methyl sites for hydroxylation is 1. The molecule has 0 spiro atoms. The van der Waals surface area contributed by atoms with E-state index >= 15 is 0 Å². The van der Waals surface area contributed by atoms with E-state index in [-0.39, 0.29) is 5.69 Å². The van der Waals surface area contributed by atoms with Crippen molar-refractivity contribution in [3.05, 3.63) is 63.7 Å². The fourth-order valence-electron chi connectivity index (χ4n) is 3.77. The summed E-state index contributed by atoms with van der Waals surface area (Å²) in [7, 11) is 1.61. The Bertz CT molecular complexity index is 1010. The van der Waals surface area contributed by atoms with E-state index in [1.165, 1.54) is 25.7 Å². The van der Waals surface area contributed by atoms with Crippen LogP contribution < -0.4 is 5.69 Å². The highest BCUT2D eigenvalue weighted by Gasteiger charge is 2.25. The molecule has 0 bridgehead atoms. The third kappa shape index (κ3) is 3.76. The molecular weight excluding hydrogens is 370 g/mol. The number of hydrogen-bond acceptors (Lipinski definition) is 5. The maximum atomic E-state index is 12.3. The summed E-state index contributed by atoms with van der Waals surface area (Å²) in [4.78, 5) is 17.3. The van der Waals surface area contributed by atoms with Gasteiger partial charge in [0.1, 0.15) is 0 Å². The summed E-state index contributed by atoms with van der Waals surface area (Å²) in [5, 5.41) is 9.07. The first-order valence-electron chi connectivity index (χ1n) is 9.84. The second-order valence-electron chi connectivity index (χ2n) is 7.27. The van der Waals surface area contributed by atoms with Crippen molar-refractivity contribution in [1.82, 2.24) is 19.8 Å². The van der Waals surface area contributed by atoms with Crippen LogP contribution in [-0.4, -0.2) is 24.8 Å². The molecule has 4 rings (SSSR count). The Balaban J connectivity index is 1.59. The van der Waals surface area contributed by atoms with Crippen molar-refractivity contribution >= 4 is 16.8 Å². The van der Waals surface area contributed by atoms with Crippen LogP contribution in [0.25, 0.3) is 5.69 Å². The summed E-state index contributed by atoms with van der Waals surface area (Å²) in [6.07, 6.45) is 10.1. The molecule has 2 heterocycles. The normalized spacial score (nSPS) is 18.9. The predicted molar refractivity (Wildman–Crippen MR) is 114 cm³/mol. The molecule has 1 aromatic heterocycles. The van der Waals surface area contributed by atoms with Crippen LogP contribution in [-0.2, 0) is 12.8 Å². The zero-order valence-corrected chi connectivity index (χ0v) is 17.2. The van der Waals surface area contributed by atoms with Crippen LogP contribution >= 0.6 is 11.8 Å². The van der Waals surface area contributed by atoms with Crippen molar-refractivity contribution in [3.63, 3.8) is 0 Å². The summed E-state index contributed by atoms with van der Waals surface area (Å²) in [6, 6.07) is 7.90. The molecule has 0 N–H and O–H groups in total. The van der Waals surface area contributed by atoms with E-state index in [1.807, 2.05) is 18.2 Å². The molecule has 0 radical (unpaired) electrons. The predicted octanol–water partition coefficient (Wildman–Crippen LogP) is 4.02. The summed E-state index contributed by atoms with van der Waals surface area (Å²) in [5.74, 6) is 1.25. The molecule has 2 aromatic rings. The number of aromatic nitrogens is 4. The Morgan fingerprint density at radius 3 is 2.89 bits per heavy atom. The van der Waals surface area contributed by atoms with Crippen molar-refractivity contribution in [2.75, 3.05) is 0 Å². The summed E-state index contributed by atoms with van der Waals surface area (Å²) < 4.78 is 2.62. The van der Waals surface area contributed by atoms with Crippen LogP contribution in [0.4, 0.5) is 0 Å². The van der Waals surface area contributed by atoms with E-state index in [9.17, 15) is 4.79 Å². The largest absolute Gasteiger partial charge is 0.368 e. The number of aliphatic imine (C=N–C) groups is 1. The van der Waals surface area contributed by atoms with Crippen molar-refractivity contribution in [3.8, 4) is 5.69 Å². The Morgan fingerprint density at radius 2 is 2.11 bits per heavy atom. The van der Waals surface area contributed by atoms with E-state index in [0.717, 1.165) is 49.1 Å². The van der Waals surface area contributed by atoms with Gasteiger partial charge in [0, 0.05) is 24.4 Å². The molecule has 1 atom stereocenters. The highest BCUT2D eigenvalue weighted by Crippen LogP contribution is 2.37. The zero-order chi connectivity index (χ0) is 19.5. The van der Waals surface area contributed by atoms with Gasteiger partial charge in [0.25, 0.3) is 0 Å². The monoisotopic (exact) mass is 395 g/mol. The number of para-hydroxylation sites is 1. The minimum absolute atomic E-state index is 0.236. The van der Waals surface area contributed by atoms with E-state index in [4.69, 9.17) is 4.99 Å². The smallest absolute Gasteiger partial charge is 0.250 e. The molecule has 0 saturated carbocycles. The first-order valence-corrected chi connectivity index (χ1v) is 10.8. The number of rotatable bonds is 5. The fraction of sp³-hybridized carbons (Fsp3) is 0.429. The quantitative estimate of drug-likeness (QED) is 0.767. The lowest BCUT2D eigenvalue weighted by Crippen LogP contribution is -2.23. The zero-order valence-electron chi connectivity index (χ0n) is 16.3. The molecule has 1 aromatic carbocycles. The van der Waals surface area contributed by atoms with Gasteiger partial charge in [-0.15, -0.1) is 11.8 Å². The number of benzene rings is 1. The number of hydrogen-bond donors (Lipinski definition) is 0. The van der Waals surface area contributed by atoms with Crippen LogP contribution in [0.5, 0.6) is 0 Å². The molecule has 28 heavy (non-hydrogen) atoms. The third-order valence-corrected chi connectivity index (χ3v) is 6.43. The lowest BCUT2D eigenvalue weighted by atomic mass is 9.89. The fourth-order valence-corrected chi connectivity index (χ4v) is 4.93. The van der Waals surface area contributed by atoms with Crippen molar-refractivity contribution in [2.24, 2.45) is 18.0 Å². The Kier molecular flexibility index (Phi) is 5.62. The maximum absolute atomic E-state index is 12.3. The van der Waals surface area contributed by atoms with Crippen LogP contribution in [0, 0.1) is 5.92 Å². The van der Waals surface area contributed by atoms with E-state index in [2.05, 4.69) is 35.6 Å². The second-order valence-corrected chi connectivity index (χ2v) is 8.26. The summed E-state index contributed by atoms with van der Waals surface area (Å²) >= 11 is 1.80. The third-order valence-electron chi connectivity index (χ3n) is 5.25. The maximum Gasteiger partial charge on any atom is 0.368 e. The van der Waals surface area contributed by atoms with Gasteiger partial charge in [0.15, 0.2) is 0 Å². The van der Waals surface area contributed by atoms with E-state index < -0.39 is 0 Å². The number of allylic oxidation sites excluding steroid dienone is 4. The van der Waals surface area contributed by atoms with Crippen LogP contribution in [0.2, 0.25) is 0 Å². The average Bonchev–Trinajstić information content (AvgIpc) is 3.05. The highest BCUT2D eigenvalue weighted by atomic mass is 32.2. The minimum Gasteiger partial charge on any atom is -0.250 e. The van der Waals surface area contributed by atoms with Gasteiger partial charge < -0.3 is 0 Å². The molecular formula is C21H25N5OS. The van der Waals surface area contributed by atoms with E-state index in [0.29, 0.717) is 5.92 Å². The Labute approximate surface area is 169 Å². The van der Waals surface area contributed by atoms with Gasteiger partial charge in [0.05, 0.1) is 10.7 Å². The Hall–Kier alpha value is -2.41. The molecule has 146 valence electrons. The molecule has 0 fully saturated rings. The summed E-state index contributed by atoms with van der Waals surface area (Å²) in [6.45, 7) is 2.23. The lowest BCUT2D eigenvalue weighted by Gasteiger charge is -2.27. The van der Waals surface area contributed by atoms with Gasteiger partial charge in [0.2, 0.25) is 0 Å². The SMILES string of the molecule is CCCC1CC2=C(CCC=C2)N=C1SCc1ccccc1-n1nnn(C)c1=O. The van der Waals surface area contributed by atoms with Gasteiger partial charge in [-0.2, -0.15) is 9.36 Å². The van der Waals surface area contributed by atoms with Gasteiger partial charge in [-0.05, 0) is 53.3 Å². The van der Waals surface area contributed by atoms with Gasteiger partial charge in [-0.1, -0.05) is 43.7 Å². The molecule has 0 amide bonds. The number of tetrazole rings is 1. The van der Waals surface area contributed by atoms with Gasteiger partial charge in [-0.3, -0.25) is 4.99 Å². The van der Waals surface area contributed by atoms with Crippen LogP contribution in [0.15, 0.2) is 57.5 Å². The number of thioether (sulfide) groups is 1. The van der Waals surface area contributed by atoms with Crippen LogP contribution in [0.3, 0.4) is 0 Å². The van der Waals surface area contributed by atoms with Gasteiger partial charge >= 0.3 is 5.69 Å². The molecule has 0 saturated heterocycles. The summed E-state index contributed by atoms with van der Waals surface area (Å²) in [5.41, 5.74) is 4.30. The highest BCUT2D eigenvalue weighted by molar-refractivity contribution is 8.13. The first kappa shape index (κ1) is 18.9. The molecule has 1 aliphatic carbocycles. The number of nitrogens with zero attached hydrogens (tertiary/aromatic N) is 5. The van der Waals surface area contributed by atoms with E-state index in [1.54, 1.807) is 18.8 Å². The van der Waals surface area contributed by atoms with Crippen molar-refractivity contribution in [2.45, 2.75) is 44.8 Å². The Morgan fingerprint density at radius 1 is 1.25 bits per heavy atom. The van der Waals surface area contributed by atoms with Gasteiger partial charge in [-0.25, -0.2) is 4.79 Å². The topological polar surface area (TPSA) is 65.1 Å².